The van der Waals surface area contributed by atoms with Crippen molar-refractivity contribution in [2.24, 2.45) is 0 Å². The molecular formula is C6H16N2. The second kappa shape index (κ2) is 6.92. The molecule has 1 aliphatic rings. The van der Waals surface area contributed by atoms with Gasteiger partial charge in [-0.1, -0.05) is 13.8 Å². The lowest BCUT2D eigenvalue weighted by molar-refractivity contribution is 0.496. The van der Waals surface area contributed by atoms with Crippen molar-refractivity contribution >= 4 is 0 Å². The molecule has 0 atom stereocenters. The molecule has 0 saturated carbocycles. The molecule has 0 spiro atoms. The van der Waals surface area contributed by atoms with Gasteiger partial charge in [0.1, 0.15) is 0 Å². The summed E-state index contributed by atoms with van der Waals surface area (Å²) in [7, 11) is 0. The molecule has 50 valence electrons. The highest BCUT2D eigenvalue weighted by Gasteiger charge is 1.91. The van der Waals surface area contributed by atoms with E-state index < -0.39 is 0 Å². The van der Waals surface area contributed by atoms with Crippen molar-refractivity contribution in [3.05, 3.63) is 0 Å². The molecular weight excluding hydrogens is 100 g/mol. The second-order valence-electron chi connectivity index (χ2n) is 1.53. The maximum Gasteiger partial charge on any atom is 0.0454 e. The molecule has 0 radical (unpaired) electrons. The third-order valence-electron chi connectivity index (χ3n) is 0.957. The molecule has 8 heavy (non-hydrogen) atoms. The number of hydrogen-bond donors (Lipinski definition) is 2. The van der Waals surface area contributed by atoms with Crippen molar-refractivity contribution in [3.8, 4) is 0 Å². The summed E-state index contributed by atoms with van der Waals surface area (Å²) < 4.78 is 0. The normalized spacial score (nSPS) is 18.8. The van der Waals surface area contributed by atoms with E-state index >= 15 is 0 Å². The number of nitrogens with one attached hydrogen (secondary N) is 2. The molecule has 1 fully saturated rings. The summed E-state index contributed by atoms with van der Waals surface area (Å²) in [6.07, 6.45) is 1.28. The monoisotopic (exact) mass is 116 g/mol. The minimum atomic E-state index is 1.00. The average Bonchev–Trinajstić information content (AvgIpc) is 1.96. The second-order valence-corrected chi connectivity index (χ2v) is 1.53. The Morgan fingerprint density at radius 1 is 1.00 bits per heavy atom. The van der Waals surface area contributed by atoms with Crippen molar-refractivity contribution in [1.82, 2.24) is 10.6 Å². The molecule has 0 aliphatic carbocycles. The van der Waals surface area contributed by atoms with Gasteiger partial charge in [0.15, 0.2) is 0 Å². The Labute approximate surface area is 51.7 Å². The third kappa shape index (κ3) is 4.09. The van der Waals surface area contributed by atoms with Gasteiger partial charge in [0.05, 0.1) is 0 Å². The lowest BCUT2D eigenvalue weighted by Crippen LogP contribution is -2.37. The average molecular weight is 116 g/mol. The quantitative estimate of drug-likeness (QED) is 0.483. The van der Waals surface area contributed by atoms with Gasteiger partial charge in [0.25, 0.3) is 0 Å². The van der Waals surface area contributed by atoms with E-state index in [0.29, 0.717) is 0 Å². The van der Waals surface area contributed by atoms with E-state index in [1.54, 1.807) is 0 Å². The number of hydrogen-bond acceptors (Lipinski definition) is 2. The lowest BCUT2D eigenvalue weighted by Gasteiger charge is -2.11. The first kappa shape index (κ1) is 7.92. The third-order valence-corrected chi connectivity index (χ3v) is 0.957. The molecule has 0 bridgehead atoms. The Morgan fingerprint density at radius 2 is 1.50 bits per heavy atom. The highest BCUT2D eigenvalue weighted by atomic mass is 15.1. The molecule has 0 unspecified atom stereocenters. The van der Waals surface area contributed by atoms with E-state index in [1.807, 2.05) is 13.8 Å². The van der Waals surface area contributed by atoms with E-state index in [9.17, 15) is 0 Å². The first-order valence-corrected chi connectivity index (χ1v) is 3.41. The van der Waals surface area contributed by atoms with Gasteiger partial charge in [-0.3, -0.25) is 0 Å². The largest absolute Gasteiger partial charge is 0.304 e. The molecule has 2 heteroatoms. The van der Waals surface area contributed by atoms with Crippen LogP contribution in [0.25, 0.3) is 0 Å². The van der Waals surface area contributed by atoms with Crippen molar-refractivity contribution in [1.29, 1.82) is 0 Å². The summed E-state index contributed by atoms with van der Waals surface area (Å²) in [5.41, 5.74) is 0. The van der Waals surface area contributed by atoms with E-state index in [4.69, 9.17) is 0 Å². The summed E-state index contributed by atoms with van der Waals surface area (Å²) in [6, 6.07) is 0. The predicted molar refractivity (Wildman–Crippen MR) is 36.8 cm³/mol. The van der Waals surface area contributed by atoms with Crippen molar-refractivity contribution in [2.75, 3.05) is 19.8 Å². The molecule has 0 aromatic carbocycles. The fraction of sp³-hybridized carbons (Fsp3) is 1.00. The van der Waals surface area contributed by atoms with Crippen LogP contribution in [0.3, 0.4) is 0 Å². The fourth-order valence-electron chi connectivity index (χ4n) is 0.604. The highest BCUT2D eigenvalue weighted by Crippen LogP contribution is 1.75. The minimum absolute atomic E-state index is 1.00. The Bertz CT molecular complexity index is 22.0. The lowest BCUT2D eigenvalue weighted by atomic mass is 10.4. The minimum Gasteiger partial charge on any atom is -0.304 e. The van der Waals surface area contributed by atoms with Crippen LogP contribution in [0, 0.1) is 0 Å². The summed E-state index contributed by atoms with van der Waals surface area (Å²) in [5, 5.41) is 6.35. The smallest absolute Gasteiger partial charge is 0.0454 e. The van der Waals surface area contributed by atoms with Gasteiger partial charge < -0.3 is 10.6 Å². The van der Waals surface area contributed by atoms with E-state index in [1.165, 1.54) is 19.5 Å². The zero-order chi connectivity index (χ0) is 6.24. The molecule has 1 aliphatic heterocycles. The van der Waals surface area contributed by atoms with Crippen LogP contribution in [-0.2, 0) is 0 Å². The van der Waals surface area contributed by atoms with E-state index in [0.717, 1.165) is 6.67 Å². The van der Waals surface area contributed by atoms with Gasteiger partial charge in [-0.05, 0) is 19.5 Å². The van der Waals surface area contributed by atoms with E-state index in [-0.39, 0.29) is 0 Å². The SMILES string of the molecule is C1CNCNC1.CC. The molecule has 0 aromatic heterocycles. The molecule has 2 N–H and O–H groups in total. The van der Waals surface area contributed by atoms with E-state index in [2.05, 4.69) is 10.6 Å². The molecule has 0 aromatic rings. The van der Waals surface area contributed by atoms with Crippen molar-refractivity contribution in [2.45, 2.75) is 20.3 Å². The fourth-order valence-corrected chi connectivity index (χ4v) is 0.604. The van der Waals surface area contributed by atoms with Gasteiger partial charge in [-0.25, -0.2) is 0 Å². The van der Waals surface area contributed by atoms with Crippen LogP contribution in [0.15, 0.2) is 0 Å². The maximum atomic E-state index is 3.17. The van der Waals surface area contributed by atoms with Crippen LogP contribution in [-0.4, -0.2) is 19.8 Å². The molecule has 0 amide bonds. The standard InChI is InChI=1S/C4H10N2.C2H6/c1-2-5-4-6-3-1;1-2/h5-6H,1-4H2;1-2H3. The van der Waals surface area contributed by atoms with Crippen molar-refractivity contribution in [3.63, 3.8) is 0 Å². The van der Waals surface area contributed by atoms with Crippen molar-refractivity contribution < 1.29 is 0 Å². The maximum absolute atomic E-state index is 3.17. The Morgan fingerprint density at radius 3 is 1.62 bits per heavy atom. The highest BCUT2D eigenvalue weighted by molar-refractivity contribution is 4.54. The zero-order valence-electron chi connectivity index (χ0n) is 5.83. The first-order valence-electron chi connectivity index (χ1n) is 3.41. The van der Waals surface area contributed by atoms with Crippen LogP contribution in [0.1, 0.15) is 20.3 Å². The van der Waals surface area contributed by atoms with Gasteiger partial charge in [-0.2, -0.15) is 0 Å². The van der Waals surface area contributed by atoms with Crippen LogP contribution in [0.4, 0.5) is 0 Å². The van der Waals surface area contributed by atoms with Crippen LogP contribution < -0.4 is 10.6 Å². The molecule has 1 saturated heterocycles. The van der Waals surface area contributed by atoms with Gasteiger partial charge in [0.2, 0.25) is 0 Å². The van der Waals surface area contributed by atoms with Crippen LogP contribution in [0.5, 0.6) is 0 Å². The summed E-state index contributed by atoms with van der Waals surface area (Å²) in [6.45, 7) is 7.38. The summed E-state index contributed by atoms with van der Waals surface area (Å²) >= 11 is 0. The molecule has 1 rings (SSSR count). The first-order chi connectivity index (χ1) is 4.00. The van der Waals surface area contributed by atoms with Gasteiger partial charge >= 0.3 is 0 Å². The molecule has 1 heterocycles. The van der Waals surface area contributed by atoms with Crippen LogP contribution in [0.2, 0.25) is 0 Å². The Kier molecular flexibility index (Phi) is 6.85. The van der Waals surface area contributed by atoms with Gasteiger partial charge in [0, 0.05) is 6.67 Å². The number of rotatable bonds is 0. The van der Waals surface area contributed by atoms with Crippen LogP contribution >= 0.6 is 0 Å². The summed E-state index contributed by atoms with van der Waals surface area (Å²) in [4.78, 5) is 0. The zero-order valence-corrected chi connectivity index (χ0v) is 5.83. The summed E-state index contributed by atoms with van der Waals surface area (Å²) in [5.74, 6) is 0. The van der Waals surface area contributed by atoms with Gasteiger partial charge in [-0.15, -0.1) is 0 Å². The topological polar surface area (TPSA) is 24.1 Å². The predicted octanol–water partition coefficient (Wildman–Crippen LogP) is 0.553. The Hall–Kier alpha value is -0.0800. The molecule has 2 nitrogen and oxygen atoms in total. The Balaban J connectivity index is 0.000000222.